The van der Waals surface area contributed by atoms with Crippen LogP contribution in [0.4, 0.5) is 0 Å². The third kappa shape index (κ3) is 0.493. The lowest BCUT2D eigenvalue weighted by molar-refractivity contribution is 0.325. The Hall–Kier alpha value is -0.0400. The molecule has 3 aliphatic rings. The summed E-state index contributed by atoms with van der Waals surface area (Å²) in [5.41, 5.74) is 0. The molecular weight excluding hydrogens is 112 g/mol. The van der Waals surface area contributed by atoms with Crippen molar-refractivity contribution in [2.75, 3.05) is 0 Å². The molecule has 3 fully saturated rings. The summed E-state index contributed by atoms with van der Waals surface area (Å²) in [5, 5.41) is 0. The molecule has 2 saturated carbocycles. The van der Waals surface area contributed by atoms with E-state index in [4.69, 9.17) is 4.74 Å². The molecule has 5 unspecified atom stereocenters. The zero-order valence-corrected chi connectivity index (χ0v) is 5.71. The summed E-state index contributed by atoms with van der Waals surface area (Å²) in [6, 6.07) is 0. The van der Waals surface area contributed by atoms with Crippen molar-refractivity contribution in [1.29, 1.82) is 0 Å². The minimum Gasteiger partial charge on any atom is -0.369 e. The second kappa shape index (κ2) is 1.20. The molecular formula is C8H12O. The number of ether oxygens (including phenoxy) is 1. The lowest BCUT2D eigenvalue weighted by atomic mass is 9.91. The Kier molecular flexibility index (Phi) is 0.628. The van der Waals surface area contributed by atoms with Crippen LogP contribution in [0.15, 0.2) is 0 Å². The van der Waals surface area contributed by atoms with Gasteiger partial charge < -0.3 is 4.74 Å². The van der Waals surface area contributed by atoms with Crippen LogP contribution in [0.5, 0.6) is 0 Å². The number of rotatable bonds is 0. The van der Waals surface area contributed by atoms with Crippen LogP contribution < -0.4 is 0 Å². The largest absolute Gasteiger partial charge is 0.369 e. The van der Waals surface area contributed by atoms with Gasteiger partial charge in [0, 0.05) is 0 Å². The van der Waals surface area contributed by atoms with Crippen molar-refractivity contribution in [3.63, 3.8) is 0 Å². The standard InChI is InChI=1S/C8H12O/c1-4-2-5-3-6(5)8-7(4)9-8/h4-8H,2-3H2,1H3. The van der Waals surface area contributed by atoms with Gasteiger partial charge in [-0.2, -0.15) is 0 Å². The molecule has 1 heterocycles. The Balaban J connectivity index is 1.87. The highest BCUT2D eigenvalue weighted by Crippen LogP contribution is 2.59. The molecule has 3 rings (SSSR count). The van der Waals surface area contributed by atoms with Crippen LogP contribution in [0.25, 0.3) is 0 Å². The Morgan fingerprint density at radius 2 is 2.11 bits per heavy atom. The quantitative estimate of drug-likeness (QED) is 0.445. The van der Waals surface area contributed by atoms with Gasteiger partial charge >= 0.3 is 0 Å². The zero-order valence-electron chi connectivity index (χ0n) is 5.71. The van der Waals surface area contributed by atoms with Gasteiger partial charge in [-0.1, -0.05) is 6.92 Å². The third-order valence-electron chi connectivity index (χ3n) is 3.20. The van der Waals surface area contributed by atoms with Gasteiger partial charge in [-0.3, -0.25) is 0 Å². The molecule has 1 saturated heterocycles. The van der Waals surface area contributed by atoms with Gasteiger partial charge in [-0.05, 0) is 30.6 Å². The topological polar surface area (TPSA) is 12.5 Å². The van der Waals surface area contributed by atoms with Crippen LogP contribution in [0.2, 0.25) is 0 Å². The molecule has 0 N–H and O–H groups in total. The summed E-state index contributed by atoms with van der Waals surface area (Å²) in [7, 11) is 0. The number of fused-ring (bicyclic) bond motifs is 3. The normalized spacial score (nSPS) is 68.3. The first-order valence-electron chi connectivity index (χ1n) is 4.02. The highest BCUT2D eigenvalue weighted by molar-refractivity contribution is 5.09. The van der Waals surface area contributed by atoms with E-state index in [1.807, 2.05) is 0 Å². The molecule has 1 aliphatic heterocycles. The fourth-order valence-corrected chi connectivity index (χ4v) is 2.49. The molecule has 0 amide bonds. The van der Waals surface area contributed by atoms with Crippen LogP contribution in [0, 0.1) is 17.8 Å². The van der Waals surface area contributed by atoms with Gasteiger partial charge in [0.2, 0.25) is 0 Å². The third-order valence-corrected chi connectivity index (χ3v) is 3.20. The van der Waals surface area contributed by atoms with E-state index in [1.54, 1.807) is 0 Å². The Morgan fingerprint density at radius 1 is 1.22 bits per heavy atom. The van der Waals surface area contributed by atoms with Crippen LogP contribution >= 0.6 is 0 Å². The summed E-state index contributed by atoms with van der Waals surface area (Å²) < 4.78 is 5.54. The smallest absolute Gasteiger partial charge is 0.0875 e. The summed E-state index contributed by atoms with van der Waals surface area (Å²) in [5.74, 6) is 2.95. The van der Waals surface area contributed by atoms with Gasteiger partial charge in [-0.25, -0.2) is 0 Å². The van der Waals surface area contributed by atoms with Gasteiger partial charge in [-0.15, -0.1) is 0 Å². The summed E-state index contributed by atoms with van der Waals surface area (Å²) in [6.45, 7) is 2.33. The number of hydrogen-bond acceptors (Lipinski definition) is 1. The SMILES string of the molecule is CC1CC2CC2C2OC12. The van der Waals surface area contributed by atoms with Crippen molar-refractivity contribution in [3.05, 3.63) is 0 Å². The molecule has 0 radical (unpaired) electrons. The van der Waals surface area contributed by atoms with Crippen LogP contribution in [0.1, 0.15) is 19.8 Å². The first-order valence-corrected chi connectivity index (χ1v) is 4.02. The van der Waals surface area contributed by atoms with Crippen LogP contribution in [-0.2, 0) is 4.74 Å². The van der Waals surface area contributed by atoms with E-state index in [0.29, 0.717) is 6.10 Å². The van der Waals surface area contributed by atoms with E-state index in [2.05, 4.69) is 6.92 Å². The molecule has 5 atom stereocenters. The fraction of sp³-hybridized carbons (Fsp3) is 1.00. The van der Waals surface area contributed by atoms with Crippen molar-refractivity contribution >= 4 is 0 Å². The highest BCUT2D eigenvalue weighted by atomic mass is 16.6. The minimum absolute atomic E-state index is 0.689. The van der Waals surface area contributed by atoms with E-state index < -0.39 is 0 Å². The number of hydrogen-bond donors (Lipinski definition) is 0. The molecule has 0 bridgehead atoms. The average molecular weight is 124 g/mol. The predicted octanol–water partition coefficient (Wildman–Crippen LogP) is 1.43. The zero-order chi connectivity index (χ0) is 6.01. The lowest BCUT2D eigenvalue weighted by Crippen LogP contribution is -2.14. The molecule has 50 valence electrons. The van der Waals surface area contributed by atoms with Crippen molar-refractivity contribution in [1.82, 2.24) is 0 Å². The van der Waals surface area contributed by atoms with Gasteiger partial charge in [0.25, 0.3) is 0 Å². The summed E-state index contributed by atoms with van der Waals surface area (Å²) in [4.78, 5) is 0. The summed E-state index contributed by atoms with van der Waals surface area (Å²) in [6.07, 6.45) is 4.34. The monoisotopic (exact) mass is 124 g/mol. The van der Waals surface area contributed by atoms with Gasteiger partial charge in [0.05, 0.1) is 12.2 Å². The maximum atomic E-state index is 5.54. The Bertz CT molecular complexity index is 150. The van der Waals surface area contributed by atoms with E-state index >= 15 is 0 Å². The molecule has 2 aliphatic carbocycles. The minimum atomic E-state index is 0.689. The molecule has 9 heavy (non-hydrogen) atoms. The first-order chi connectivity index (χ1) is 4.36. The molecule has 1 nitrogen and oxygen atoms in total. The Morgan fingerprint density at radius 3 is 3.00 bits per heavy atom. The maximum absolute atomic E-state index is 5.54. The molecule has 0 aromatic heterocycles. The van der Waals surface area contributed by atoms with Gasteiger partial charge in [0.1, 0.15) is 0 Å². The van der Waals surface area contributed by atoms with Crippen molar-refractivity contribution in [2.24, 2.45) is 17.8 Å². The molecule has 0 aromatic carbocycles. The second-order valence-electron chi connectivity index (χ2n) is 3.94. The fourth-order valence-electron chi connectivity index (χ4n) is 2.49. The van der Waals surface area contributed by atoms with E-state index in [-0.39, 0.29) is 0 Å². The Labute approximate surface area is 55.4 Å². The van der Waals surface area contributed by atoms with E-state index in [9.17, 15) is 0 Å². The second-order valence-corrected chi connectivity index (χ2v) is 3.94. The van der Waals surface area contributed by atoms with Crippen LogP contribution in [0.3, 0.4) is 0 Å². The van der Waals surface area contributed by atoms with Crippen molar-refractivity contribution in [3.8, 4) is 0 Å². The highest BCUT2D eigenvalue weighted by Gasteiger charge is 2.61. The van der Waals surface area contributed by atoms with Crippen molar-refractivity contribution < 1.29 is 4.74 Å². The number of epoxide rings is 1. The predicted molar refractivity (Wildman–Crippen MR) is 34.0 cm³/mol. The summed E-state index contributed by atoms with van der Waals surface area (Å²) >= 11 is 0. The van der Waals surface area contributed by atoms with E-state index in [1.165, 1.54) is 12.8 Å². The molecule has 1 heteroatoms. The maximum Gasteiger partial charge on any atom is 0.0875 e. The molecule has 0 spiro atoms. The first kappa shape index (κ1) is 4.73. The van der Waals surface area contributed by atoms with E-state index in [0.717, 1.165) is 23.9 Å². The van der Waals surface area contributed by atoms with Crippen molar-refractivity contribution in [2.45, 2.75) is 32.0 Å². The molecule has 0 aromatic rings. The lowest BCUT2D eigenvalue weighted by Gasteiger charge is -2.10. The average Bonchev–Trinajstić information content (AvgIpc) is 2.54. The van der Waals surface area contributed by atoms with Crippen LogP contribution in [-0.4, -0.2) is 12.2 Å². The van der Waals surface area contributed by atoms with Gasteiger partial charge in [0.15, 0.2) is 0 Å².